The molecule has 3 aromatic carbocycles. The molecule has 0 saturated heterocycles. The highest BCUT2D eigenvalue weighted by Crippen LogP contribution is 2.39. The van der Waals surface area contributed by atoms with E-state index >= 15 is 0 Å². The zero-order chi connectivity index (χ0) is 28.3. The maximum absolute atomic E-state index is 13.4. The van der Waals surface area contributed by atoms with Crippen LogP contribution in [-0.4, -0.2) is 27.8 Å². The van der Waals surface area contributed by atoms with E-state index in [0.29, 0.717) is 35.3 Å². The number of allylic oxidation sites excluding steroid dienone is 1. The summed E-state index contributed by atoms with van der Waals surface area (Å²) < 4.78 is 19.3. The summed E-state index contributed by atoms with van der Waals surface area (Å²) in [5.41, 5.74) is 5.23. The molecule has 2 heterocycles. The molecule has 0 bridgehead atoms. The molecule has 40 heavy (non-hydrogen) atoms. The Hall–Kier alpha value is -4.59. The highest BCUT2D eigenvalue weighted by atomic mass is 16.5. The van der Waals surface area contributed by atoms with Gasteiger partial charge in [-0.2, -0.15) is 10.1 Å². The zero-order valence-electron chi connectivity index (χ0n) is 23.5. The smallest absolute Gasteiger partial charge is 0.338 e. The maximum atomic E-state index is 13.4. The Kier molecular flexibility index (Phi) is 7.60. The third kappa shape index (κ3) is 5.71. The number of nitrogens with zero attached hydrogens (tertiary/aromatic N) is 3. The molecule has 0 radical (unpaired) electrons. The summed E-state index contributed by atoms with van der Waals surface area (Å²) in [5.74, 6) is 1.27. The van der Waals surface area contributed by atoms with E-state index in [1.807, 2.05) is 55.5 Å². The van der Waals surface area contributed by atoms with Crippen LogP contribution in [0.15, 0.2) is 90.4 Å². The van der Waals surface area contributed by atoms with Gasteiger partial charge in [-0.25, -0.2) is 9.48 Å². The Morgan fingerprint density at radius 1 is 0.950 bits per heavy atom. The Morgan fingerprint density at radius 3 is 2.38 bits per heavy atom. The van der Waals surface area contributed by atoms with Crippen LogP contribution in [0.25, 0.3) is 0 Å². The Labute approximate surface area is 234 Å². The second-order valence-electron chi connectivity index (χ2n) is 10.8. The molecule has 206 valence electrons. The molecule has 4 aromatic rings. The minimum atomic E-state index is -0.560. The van der Waals surface area contributed by atoms with Crippen LogP contribution in [0.2, 0.25) is 0 Å². The van der Waals surface area contributed by atoms with Crippen molar-refractivity contribution in [3.63, 3.8) is 0 Å². The quantitative estimate of drug-likeness (QED) is 0.268. The van der Waals surface area contributed by atoms with E-state index in [-0.39, 0.29) is 12.0 Å². The van der Waals surface area contributed by atoms with Crippen LogP contribution in [0.1, 0.15) is 56.0 Å². The lowest BCUT2D eigenvalue weighted by atomic mass is 9.87. The number of nitrogens with one attached hydrogen (secondary N) is 1. The van der Waals surface area contributed by atoms with Crippen molar-refractivity contribution in [3.05, 3.63) is 113 Å². The van der Waals surface area contributed by atoms with E-state index < -0.39 is 12.0 Å². The molecule has 1 N–H and O–H groups in total. The monoisotopic (exact) mass is 538 g/mol. The Morgan fingerprint density at radius 2 is 1.68 bits per heavy atom. The first-order valence-corrected chi connectivity index (χ1v) is 13.2. The van der Waals surface area contributed by atoms with Crippen LogP contribution in [-0.2, 0) is 28.2 Å². The highest BCUT2D eigenvalue weighted by Gasteiger charge is 2.35. The molecular formula is C32H34N4O4. The molecule has 8 heteroatoms. The molecule has 1 aliphatic heterocycles. The minimum absolute atomic E-state index is 0.0939. The normalized spacial score (nSPS) is 14.8. The minimum Gasteiger partial charge on any atom is -0.493 e. The number of esters is 1. The van der Waals surface area contributed by atoms with Crippen molar-refractivity contribution in [2.75, 3.05) is 12.4 Å². The summed E-state index contributed by atoms with van der Waals surface area (Å²) in [6, 6.07) is 23.1. The third-order valence-corrected chi connectivity index (χ3v) is 6.94. The van der Waals surface area contributed by atoms with Crippen molar-refractivity contribution < 1.29 is 19.0 Å². The van der Waals surface area contributed by atoms with Gasteiger partial charge in [0.2, 0.25) is 5.95 Å². The number of fused-ring (bicyclic) bond motifs is 1. The standard InChI is InChI=1S/C32H34N4O4/c1-21-28(30(37)40-19-22-9-7-6-8-10-22)29(36-31(35-21)33-20-34-36)24-13-16-26(27(17-24)38-5)39-18-23-11-14-25(15-12-23)32(2,3)4/h6-17,20,29H,18-19H2,1-5H3,(H,33,34,35). The van der Waals surface area contributed by atoms with Crippen LogP contribution in [0, 0.1) is 0 Å². The topological polar surface area (TPSA) is 87.5 Å². The fourth-order valence-corrected chi connectivity index (χ4v) is 4.70. The maximum Gasteiger partial charge on any atom is 0.338 e. The van der Waals surface area contributed by atoms with Crippen molar-refractivity contribution in [1.29, 1.82) is 0 Å². The van der Waals surface area contributed by atoms with Gasteiger partial charge in [0.1, 0.15) is 25.6 Å². The predicted octanol–water partition coefficient (Wildman–Crippen LogP) is 6.20. The summed E-state index contributed by atoms with van der Waals surface area (Å²) in [7, 11) is 1.60. The van der Waals surface area contributed by atoms with Gasteiger partial charge in [-0.05, 0) is 46.7 Å². The first-order valence-electron chi connectivity index (χ1n) is 13.2. The molecular weight excluding hydrogens is 504 g/mol. The third-order valence-electron chi connectivity index (χ3n) is 6.94. The fourth-order valence-electron chi connectivity index (χ4n) is 4.70. The Bertz CT molecular complexity index is 1520. The molecule has 0 aliphatic carbocycles. The number of methoxy groups -OCH3 is 1. The lowest BCUT2D eigenvalue weighted by molar-refractivity contribution is -0.140. The van der Waals surface area contributed by atoms with Crippen LogP contribution in [0.5, 0.6) is 11.5 Å². The van der Waals surface area contributed by atoms with Gasteiger partial charge in [-0.1, -0.05) is 81.4 Å². The number of carbonyl (C=O) groups excluding carboxylic acids is 1. The number of rotatable bonds is 8. The summed E-state index contributed by atoms with van der Waals surface area (Å²) in [6.07, 6.45) is 1.46. The number of hydrogen-bond donors (Lipinski definition) is 1. The van der Waals surface area contributed by atoms with Crippen LogP contribution < -0.4 is 14.8 Å². The molecule has 1 atom stereocenters. The first-order chi connectivity index (χ1) is 19.2. The van der Waals surface area contributed by atoms with Crippen LogP contribution in [0.3, 0.4) is 0 Å². The average molecular weight is 539 g/mol. The SMILES string of the molecule is COc1cc(C2C(C(=O)OCc3ccccc3)=C(C)Nc3ncnn32)ccc1OCc1ccc(C(C)(C)C)cc1. The van der Waals surface area contributed by atoms with Gasteiger partial charge in [-0.15, -0.1) is 0 Å². The summed E-state index contributed by atoms with van der Waals surface area (Å²) >= 11 is 0. The number of benzene rings is 3. The van der Waals surface area contributed by atoms with Gasteiger partial charge in [0, 0.05) is 5.70 Å². The zero-order valence-corrected chi connectivity index (χ0v) is 23.5. The van der Waals surface area contributed by atoms with E-state index in [9.17, 15) is 4.79 Å². The van der Waals surface area contributed by atoms with E-state index in [2.05, 4.69) is 60.4 Å². The van der Waals surface area contributed by atoms with Crippen molar-refractivity contribution in [2.24, 2.45) is 0 Å². The number of anilines is 1. The number of carbonyl (C=O) groups is 1. The van der Waals surface area contributed by atoms with E-state index in [0.717, 1.165) is 16.7 Å². The van der Waals surface area contributed by atoms with Crippen molar-refractivity contribution in [3.8, 4) is 11.5 Å². The van der Waals surface area contributed by atoms with Gasteiger partial charge in [0.05, 0.1) is 12.7 Å². The van der Waals surface area contributed by atoms with Crippen LogP contribution in [0.4, 0.5) is 5.95 Å². The van der Waals surface area contributed by atoms with Gasteiger partial charge >= 0.3 is 5.97 Å². The van der Waals surface area contributed by atoms with E-state index in [1.165, 1.54) is 11.9 Å². The van der Waals surface area contributed by atoms with E-state index in [4.69, 9.17) is 14.2 Å². The number of ether oxygens (including phenoxy) is 3. The van der Waals surface area contributed by atoms with Crippen molar-refractivity contribution in [1.82, 2.24) is 14.8 Å². The van der Waals surface area contributed by atoms with Crippen molar-refractivity contribution >= 4 is 11.9 Å². The first kappa shape index (κ1) is 27.0. The predicted molar refractivity (Wildman–Crippen MR) is 153 cm³/mol. The molecule has 0 spiro atoms. The molecule has 0 saturated carbocycles. The molecule has 8 nitrogen and oxygen atoms in total. The lowest BCUT2D eigenvalue weighted by Gasteiger charge is -2.28. The molecule has 5 rings (SSSR count). The largest absolute Gasteiger partial charge is 0.493 e. The number of hydrogen-bond acceptors (Lipinski definition) is 7. The fraction of sp³-hybridized carbons (Fsp3) is 0.281. The second-order valence-corrected chi connectivity index (χ2v) is 10.8. The van der Waals surface area contributed by atoms with Gasteiger partial charge < -0.3 is 19.5 Å². The summed E-state index contributed by atoms with van der Waals surface area (Å²) in [4.78, 5) is 17.7. The van der Waals surface area contributed by atoms with Gasteiger partial charge in [-0.3, -0.25) is 0 Å². The average Bonchev–Trinajstić information content (AvgIpc) is 3.42. The van der Waals surface area contributed by atoms with Gasteiger partial charge in [0.15, 0.2) is 11.5 Å². The Balaban J connectivity index is 1.39. The van der Waals surface area contributed by atoms with E-state index in [1.54, 1.807) is 11.8 Å². The van der Waals surface area contributed by atoms with Crippen molar-refractivity contribution in [2.45, 2.75) is 52.4 Å². The molecule has 0 amide bonds. The molecule has 1 unspecified atom stereocenters. The van der Waals surface area contributed by atoms with Crippen LogP contribution >= 0.6 is 0 Å². The molecule has 1 aliphatic rings. The number of aromatic nitrogens is 3. The molecule has 1 aromatic heterocycles. The highest BCUT2D eigenvalue weighted by molar-refractivity contribution is 5.92. The lowest BCUT2D eigenvalue weighted by Crippen LogP contribution is -2.29. The second kappa shape index (κ2) is 11.3. The molecule has 0 fully saturated rings. The van der Waals surface area contributed by atoms with Gasteiger partial charge in [0.25, 0.3) is 0 Å². The summed E-state index contributed by atoms with van der Waals surface area (Å²) in [5, 5.41) is 7.58. The summed E-state index contributed by atoms with van der Waals surface area (Å²) in [6.45, 7) is 8.99.